The van der Waals surface area contributed by atoms with E-state index in [0.717, 1.165) is 29.9 Å². The Morgan fingerprint density at radius 2 is 2.18 bits per heavy atom. The predicted molar refractivity (Wildman–Crippen MR) is 77.7 cm³/mol. The topological polar surface area (TPSA) is 28.2 Å². The number of pyridine rings is 1. The summed E-state index contributed by atoms with van der Waals surface area (Å²) in [6, 6.07) is 2.65. The molecule has 1 N–H and O–H groups in total. The molecule has 1 heterocycles. The number of nitrogens with zero attached hydrogens (tertiary/aromatic N) is 2. The van der Waals surface area contributed by atoms with Crippen LogP contribution >= 0.6 is 15.9 Å². The van der Waals surface area contributed by atoms with Gasteiger partial charge in [-0.2, -0.15) is 0 Å². The molecule has 96 valence electrons. The Balaban J connectivity index is 2.66. The Morgan fingerprint density at radius 3 is 2.71 bits per heavy atom. The van der Waals surface area contributed by atoms with Crippen LogP contribution in [0.2, 0.25) is 0 Å². The minimum atomic E-state index is 0.535. The van der Waals surface area contributed by atoms with Gasteiger partial charge in [-0.3, -0.25) is 0 Å². The highest BCUT2D eigenvalue weighted by molar-refractivity contribution is 9.10. The van der Waals surface area contributed by atoms with E-state index in [-0.39, 0.29) is 0 Å². The molecule has 0 aromatic carbocycles. The van der Waals surface area contributed by atoms with Crippen LogP contribution in [0, 0.1) is 6.92 Å². The van der Waals surface area contributed by atoms with Crippen molar-refractivity contribution in [2.24, 2.45) is 0 Å². The van der Waals surface area contributed by atoms with E-state index in [4.69, 9.17) is 0 Å². The van der Waals surface area contributed by atoms with Gasteiger partial charge in [0.2, 0.25) is 0 Å². The van der Waals surface area contributed by atoms with Crippen LogP contribution < -0.4 is 10.2 Å². The smallest absolute Gasteiger partial charge is 0.131 e. The normalized spacial score (nSPS) is 10.9. The molecular formula is C13H22BrN3. The van der Waals surface area contributed by atoms with Crippen molar-refractivity contribution in [1.29, 1.82) is 0 Å². The van der Waals surface area contributed by atoms with Crippen molar-refractivity contribution in [3.63, 3.8) is 0 Å². The standard InChI is InChI=1S/C13H22BrN3/c1-5-17(7-6-15-10(2)3)13-11(4)8-12(14)9-16-13/h8-10,15H,5-7H2,1-4H3. The van der Waals surface area contributed by atoms with Crippen LogP contribution in [0.5, 0.6) is 0 Å². The van der Waals surface area contributed by atoms with Crippen molar-refractivity contribution in [3.8, 4) is 0 Å². The lowest BCUT2D eigenvalue weighted by Gasteiger charge is -2.24. The Kier molecular flexibility index (Phi) is 5.92. The van der Waals surface area contributed by atoms with Gasteiger partial charge in [0, 0.05) is 36.3 Å². The summed E-state index contributed by atoms with van der Waals surface area (Å²) in [5, 5.41) is 3.43. The van der Waals surface area contributed by atoms with Crippen molar-refractivity contribution in [2.45, 2.75) is 33.7 Å². The van der Waals surface area contributed by atoms with E-state index in [1.54, 1.807) is 0 Å². The average molecular weight is 300 g/mol. The van der Waals surface area contributed by atoms with Gasteiger partial charge in [-0.15, -0.1) is 0 Å². The number of halogens is 1. The summed E-state index contributed by atoms with van der Waals surface area (Å²) in [6.45, 7) is 11.6. The molecule has 3 nitrogen and oxygen atoms in total. The third kappa shape index (κ3) is 4.64. The van der Waals surface area contributed by atoms with Crippen molar-refractivity contribution in [3.05, 3.63) is 22.3 Å². The molecule has 0 aliphatic rings. The summed E-state index contributed by atoms with van der Waals surface area (Å²) in [4.78, 5) is 6.80. The molecule has 0 aliphatic heterocycles. The zero-order valence-electron chi connectivity index (χ0n) is 11.1. The Hall–Kier alpha value is -0.610. The van der Waals surface area contributed by atoms with Crippen LogP contribution in [0.4, 0.5) is 5.82 Å². The maximum Gasteiger partial charge on any atom is 0.131 e. The molecule has 1 aromatic heterocycles. The molecule has 1 rings (SSSR count). The minimum absolute atomic E-state index is 0.535. The Bertz CT molecular complexity index is 353. The minimum Gasteiger partial charge on any atom is -0.355 e. The van der Waals surface area contributed by atoms with E-state index in [2.05, 4.69) is 64.9 Å². The van der Waals surface area contributed by atoms with Gasteiger partial charge >= 0.3 is 0 Å². The maximum absolute atomic E-state index is 4.50. The Labute approximate surface area is 113 Å². The Morgan fingerprint density at radius 1 is 1.47 bits per heavy atom. The van der Waals surface area contributed by atoms with Crippen LogP contribution in [0.3, 0.4) is 0 Å². The first kappa shape index (κ1) is 14.5. The predicted octanol–water partition coefficient (Wildman–Crippen LogP) is 2.98. The molecule has 17 heavy (non-hydrogen) atoms. The molecule has 0 fully saturated rings. The number of rotatable bonds is 6. The first-order valence-corrected chi connectivity index (χ1v) is 6.94. The fraction of sp³-hybridized carbons (Fsp3) is 0.615. The molecule has 0 atom stereocenters. The van der Waals surface area contributed by atoms with E-state index < -0.39 is 0 Å². The lowest BCUT2D eigenvalue weighted by Crippen LogP contribution is -2.35. The fourth-order valence-corrected chi connectivity index (χ4v) is 2.21. The van der Waals surface area contributed by atoms with Gasteiger partial charge in [-0.05, 0) is 41.4 Å². The van der Waals surface area contributed by atoms with Gasteiger partial charge < -0.3 is 10.2 Å². The molecule has 4 heteroatoms. The van der Waals surface area contributed by atoms with Crippen molar-refractivity contribution in [1.82, 2.24) is 10.3 Å². The van der Waals surface area contributed by atoms with Crippen LogP contribution in [0.1, 0.15) is 26.3 Å². The van der Waals surface area contributed by atoms with Crippen LogP contribution in [-0.4, -0.2) is 30.7 Å². The third-order valence-electron chi connectivity index (χ3n) is 2.63. The number of hydrogen-bond acceptors (Lipinski definition) is 3. The number of likely N-dealkylation sites (N-methyl/N-ethyl adjacent to an activating group) is 1. The summed E-state index contributed by atoms with van der Waals surface area (Å²) in [5.74, 6) is 1.08. The highest BCUT2D eigenvalue weighted by Crippen LogP contribution is 2.20. The molecular weight excluding hydrogens is 278 g/mol. The van der Waals surface area contributed by atoms with Gasteiger partial charge in [-0.1, -0.05) is 13.8 Å². The zero-order valence-corrected chi connectivity index (χ0v) is 12.7. The molecule has 0 radical (unpaired) electrons. The summed E-state index contributed by atoms with van der Waals surface area (Å²) in [5.41, 5.74) is 1.21. The van der Waals surface area contributed by atoms with Crippen molar-refractivity contribution in [2.75, 3.05) is 24.5 Å². The van der Waals surface area contributed by atoms with E-state index in [9.17, 15) is 0 Å². The monoisotopic (exact) mass is 299 g/mol. The average Bonchev–Trinajstić information content (AvgIpc) is 2.25. The van der Waals surface area contributed by atoms with Gasteiger partial charge in [0.05, 0.1) is 0 Å². The van der Waals surface area contributed by atoms with E-state index >= 15 is 0 Å². The van der Waals surface area contributed by atoms with E-state index in [1.807, 2.05) is 6.20 Å². The molecule has 0 saturated heterocycles. The molecule has 0 spiro atoms. The van der Waals surface area contributed by atoms with Crippen LogP contribution in [0.15, 0.2) is 16.7 Å². The lowest BCUT2D eigenvalue weighted by molar-refractivity contribution is 0.582. The van der Waals surface area contributed by atoms with Crippen LogP contribution in [-0.2, 0) is 0 Å². The second kappa shape index (κ2) is 6.97. The van der Waals surface area contributed by atoms with Crippen molar-refractivity contribution >= 4 is 21.7 Å². The molecule has 0 unspecified atom stereocenters. The van der Waals surface area contributed by atoms with Gasteiger partial charge in [0.15, 0.2) is 0 Å². The SMILES string of the molecule is CCN(CCNC(C)C)c1ncc(Br)cc1C. The zero-order chi connectivity index (χ0) is 12.8. The largest absolute Gasteiger partial charge is 0.355 e. The number of aryl methyl sites for hydroxylation is 1. The molecule has 1 aromatic rings. The lowest BCUT2D eigenvalue weighted by atomic mass is 10.2. The third-order valence-corrected chi connectivity index (χ3v) is 3.07. The van der Waals surface area contributed by atoms with Crippen molar-refractivity contribution < 1.29 is 0 Å². The number of anilines is 1. The van der Waals surface area contributed by atoms with E-state index in [1.165, 1.54) is 5.56 Å². The second-order valence-corrected chi connectivity index (χ2v) is 5.40. The number of hydrogen-bond donors (Lipinski definition) is 1. The summed E-state index contributed by atoms with van der Waals surface area (Å²) < 4.78 is 1.04. The van der Waals surface area contributed by atoms with Gasteiger partial charge in [0.25, 0.3) is 0 Å². The van der Waals surface area contributed by atoms with Gasteiger partial charge in [-0.25, -0.2) is 4.98 Å². The second-order valence-electron chi connectivity index (χ2n) is 4.48. The molecule has 0 saturated carbocycles. The number of aromatic nitrogens is 1. The molecule has 0 bridgehead atoms. The molecule has 0 aliphatic carbocycles. The highest BCUT2D eigenvalue weighted by atomic mass is 79.9. The summed E-state index contributed by atoms with van der Waals surface area (Å²) in [7, 11) is 0. The van der Waals surface area contributed by atoms with Gasteiger partial charge in [0.1, 0.15) is 5.82 Å². The highest BCUT2D eigenvalue weighted by Gasteiger charge is 2.09. The van der Waals surface area contributed by atoms with Crippen LogP contribution in [0.25, 0.3) is 0 Å². The molecule has 0 amide bonds. The fourth-order valence-electron chi connectivity index (χ4n) is 1.77. The summed E-state index contributed by atoms with van der Waals surface area (Å²) in [6.07, 6.45) is 1.86. The first-order chi connectivity index (χ1) is 8.04. The summed E-state index contributed by atoms with van der Waals surface area (Å²) >= 11 is 3.45. The quantitative estimate of drug-likeness (QED) is 0.875. The maximum atomic E-state index is 4.50. The van der Waals surface area contributed by atoms with E-state index in [0.29, 0.717) is 6.04 Å². The number of nitrogens with one attached hydrogen (secondary N) is 1. The first-order valence-electron chi connectivity index (χ1n) is 6.15.